The topological polar surface area (TPSA) is 81.5 Å². The van der Waals surface area contributed by atoms with Gasteiger partial charge in [-0.15, -0.1) is 0 Å². The van der Waals surface area contributed by atoms with E-state index in [0.29, 0.717) is 5.56 Å². The molecule has 2 heterocycles. The molecule has 7 heteroatoms. The highest BCUT2D eigenvalue weighted by atomic mass is 32.1. The maximum Gasteiger partial charge on any atom is 0.407 e. The number of hydrogen-bond donors (Lipinski definition) is 1. The van der Waals surface area contributed by atoms with Crippen LogP contribution < -0.4 is 5.32 Å². The summed E-state index contributed by atoms with van der Waals surface area (Å²) in [6.45, 7) is 0.229. The molecule has 1 aromatic heterocycles. The second-order valence-corrected chi connectivity index (χ2v) is 3.66. The quantitative estimate of drug-likeness (QED) is 0.596. The minimum atomic E-state index is -0.483. The fourth-order valence-corrected chi connectivity index (χ4v) is 1.96. The molecular formula is C7H6N2O4S. The van der Waals surface area contributed by atoms with Gasteiger partial charge in [0.2, 0.25) is 0 Å². The van der Waals surface area contributed by atoms with Crippen LogP contribution in [0.4, 0.5) is 9.80 Å². The number of carbonyl (C=O) groups is 1. The molecule has 1 aromatic rings. The zero-order chi connectivity index (χ0) is 10.1. The van der Waals surface area contributed by atoms with Crippen LogP contribution in [0.3, 0.4) is 0 Å². The van der Waals surface area contributed by atoms with Gasteiger partial charge in [0.25, 0.3) is 0 Å². The molecule has 0 aromatic carbocycles. The number of cyclic esters (lactones) is 1. The first kappa shape index (κ1) is 8.95. The second-order valence-electron chi connectivity index (χ2n) is 2.77. The van der Waals surface area contributed by atoms with E-state index in [1.165, 1.54) is 6.07 Å². The van der Waals surface area contributed by atoms with Gasteiger partial charge in [0, 0.05) is 11.4 Å². The summed E-state index contributed by atoms with van der Waals surface area (Å²) in [4.78, 5) is 20.6. The highest BCUT2D eigenvalue weighted by molar-refractivity contribution is 7.13. The van der Waals surface area contributed by atoms with E-state index in [4.69, 9.17) is 0 Å². The van der Waals surface area contributed by atoms with Gasteiger partial charge >= 0.3 is 11.1 Å². The zero-order valence-electron chi connectivity index (χ0n) is 6.93. The van der Waals surface area contributed by atoms with Gasteiger partial charge in [0.1, 0.15) is 6.61 Å². The Morgan fingerprint density at radius 2 is 2.50 bits per heavy atom. The summed E-state index contributed by atoms with van der Waals surface area (Å²) in [5.74, 6) is 0. The van der Waals surface area contributed by atoms with E-state index in [1.807, 2.05) is 0 Å². The number of nitro groups is 1. The van der Waals surface area contributed by atoms with Crippen molar-refractivity contribution < 1.29 is 14.5 Å². The fraction of sp³-hybridized carbons (Fsp3) is 0.286. The summed E-state index contributed by atoms with van der Waals surface area (Å²) in [5.41, 5.74) is 0.715. The molecule has 0 spiro atoms. The predicted molar refractivity (Wildman–Crippen MR) is 48.2 cm³/mol. The molecule has 1 aliphatic heterocycles. The van der Waals surface area contributed by atoms with Gasteiger partial charge in [-0.1, -0.05) is 11.3 Å². The normalized spacial score (nSPS) is 20.3. The van der Waals surface area contributed by atoms with E-state index in [-0.39, 0.29) is 17.6 Å². The number of rotatable bonds is 2. The van der Waals surface area contributed by atoms with Gasteiger partial charge < -0.3 is 10.1 Å². The number of alkyl carbamates (subject to hydrolysis) is 1. The first-order valence-electron chi connectivity index (χ1n) is 3.83. The molecule has 1 N–H and O–H groups in total. The summed E-state index contributed by atoms with van der Waals surface area (Å²) in [7, 11) is 0. The van der Waals surface area contributed by atoms with E-state index in [1.54, 1.807) is 5.38 Å². The third kappa shape index (κ3) is 1.53. The van der Waals surface area contributed by atoms with Crippen molar-refractivity contribution in [3.05, 3.63) is 27.1 Å². The van der Waals surface area contributed by atoms with Crippen LogP contribution in [0.2, 0.25) is 0 Å². The van der Waals surface area contributed by atoms with E-state index in [0.717, 1.165) is 11.3 Å². The maximum atomic E-state index is 10.7. The number of nitrogens with zero attached hydrogens (tertiary/aromatic N) is 1. The van der Waals surface area contributed by atoms with Crippen LogP contribution in [0.25, 0.3) is 0 Å². The molecule has 0 unspecified atom stereocenters. The molecule has 0 bridgehead atoms. The van der Waals surface area contributed by atoms with E-state index < -0.39 is 11.0 Å². The molecule has 74 valence electrons. The lowest BCUT2D eigenvalue weighted by Gasteiger charge is -2.01. The Morgan fingerprint density at radius 3 is 3.00 bits per heavy atom. The molecule has 1 aliphatic rings. The Labute approximate surface area is 82.6 Å². The molecular weight excluding hydrogens is 208 g/mol. The van der Waals surface area contributed by atoms with E-state index in [9.17, 15) is 14.9 Å². The van der Waals surface area contributed by atoms with E-state index >= 15 is 0 Å². The van der Waals surface area contributed by atoms with Gasteiger partial charge in [-0.3, -0.25) is 10.1 Å². The van der Waals surface area contributed by atoms with Crippen molar-refractivity contribution in [2.24, 2.45) is 0 Å². The van der Waals surface area contributed by atoms with Crippen LogP contribution in [0.5, 0.6) is 0 Å². The molecule has 0 saturated carbocycles. The van der Waals surface area contributed by atoms with Crippen molar-refractivity contribution in [3.63, 3.8) is 0 Å². The Balaban J connectivity index is 2.17. The molecule has 14 heavy (non-hydrogen) atoms. The summed E-state index contributed by atoms with van der Waals surface area (Å²) in [6, 6.07) is 1.19. The van der Waals surface area contributed by atoms with Gasteiger partial charge in [0.15, 0.2) is 0 Å². The van der Waals surface area contributed by atoms with Crippen LogP contribution in [0.1, 0.15) is 11.6 Å². The van der Waals surface area contributed by atoms with Crippen molar-refractivity contribution in [1.29, 1.82) is 0 Å². The standard InChI is InChI=1S/C7H6N2O4S/c10-7-8-5(2-13-7)4-1-6(9(11)12)14-3-4/h1,3,5H,2H2,(H,8,10)/t5-/m0/s1. The van der Waals surface area contributed by atoms with Crippen LogP contribution in [0.15, 0.2) is 11.4 Å². The summed E-state index contributed by atoms with van der Waals surface area (Å²) < 4.78 is 4.67. The molecule has 1 fully saturated rings. The highest BCUT2D eigenvalue weighted by Gasteiger charge is 2.26. The SMILES string of the molecule is O=C1N[C@H](c2csc([N+](=O)[O-])c2)CO1. The number of nitrogens with one attached hydrogen (secondary N) is 1. The van der Waals surface area contributed by atoms with E-state index in [2.05, 4.69) is 10.1 Å². The lowest BCUT2D eigenvalue weighted by atomic mass is 10.2. The second kappa shape index (κ2) is 3.26. The highest BCUT2D eigenvalue weighted by Crippen LogP contribution is 2.28. The minimum Gasteiger partial charge on any atom is -0.447 e. The molecule has 1 amide bonds. The third-order valence-corrected chi connectivity index (χ3v) is 2.76. The summed E-state index contributed by atoms with van der Waals surface area (Å²) in [6.07, 6.45) is -0.483. The summed E-state index contributed by atoms with van der Waals surface area (Å²) in [5, 5.41) is 14.7. The van der Waals surface area contributed by atoms with Crippen molar-refractivity contribution in [2.45, 2.75) is 6.04 Å². The van der Waals surface area contributed by atoms with Crippen molar-refractivity contribution >= 4 is 22.4 Å². The molecule has 1 saturated heterocycles. The Hall–Kier alpha value is -1.63. The van der Waals surface area contributed by atoms with Gasteiger partial charge in [-0.25, -0.2) is 4.79 Å². The monoisotopic (exact) mass is 214 g/mol. The van der Waals surface area contributed by atoms with Gasteiger partial charge in [-0.2, -0.15) is 0 Å². The molecule has 0 radical (unpaired) electrons. The lowest BCUT2D eigenvalue weighted by Crippen LogP contribution is -2.17. The minimum absolute atomic E-state index is 0.0705. The maximum absolute atomic E-state index is 10.7. The Bertz CT molecular complexity index is 389. The number of thiophene rings is 1. The number of hydrogen-bond acceptors (Lipinski definition) is 5. The predicted octanol–water partition coefficient (Wildman–Crippen LogP) is 1.44. The van der Waals surface area contributed by atoms with Gasteiger partial charge in [-0.05, 0) is 5.56 Å². The van der Waals surface area contributed by atoms with Crippen molar-refractivity contribution in [1.82, 2.24) is 5.32 Å². The van der Waals surface area contributed by atoms with Crippen LogP contribution in [-0.2, 0) is 4.74 Å². The number of ether oxygens (including phenoxy) is 1. The smallest absolute Gasteiger partial charge is 0.407 e. The third-order valence-electron chi connectivity index (χ3n) is 1.86. The van der Waals surface area contributed by atoms with Crippen molar-refractivity contribution in [3.8, 4) is 0 Å². The molecule has 6 nitrogen and oxygen atoms in total. The van der Waals surface area contributed by atoms with Crippen molar-refractivity contribution in [2.75, 3.05) is 6.61 Å². The average Bonchev–Trinajstić information content (AvgIpc) is 2.70. The van der Waals surface area contributed by atoms with Crippen LogP contribution >= 0.6 is 11.3 Å². The molecule has 2 rings (SSSR count). The lowest BCUT2D eigenvalue weighted by molar-refractivity contribution is -0.380. The fourth-order valence-electron chi connectivity index (χ4n) is 1.18. The Morgan fingerprint density at radius 1 is 1.71 bits per heavy atom. The molecule has 0 aliphatic carbocycles. The van der Waals surface area contributed by atoms with Gasteiger partial charge in [0.05, 0.1) is 11.0 Å². The Kier molecular flexibility index (Phi) is 2.08. The van der Waals surface area contributed by atoms with Crippen LogP contribution in [0, 0.1) is 10.1 Å². The molecule has 1 atom stereocenters. The number of amides is 1. The van der Waals surface area contributed by atoms with Crippen LogP contribution in [-0.4, -0.2) is 17.6 Å². The number of carbonyl (C=O) groups excluding carboxylic acids is 1. The summed E-state index contributed by atoms with van der Waals surface area (Å²) >= 11 is 1.04. The zero-order valence-corrected chi connectivity index (χ0v) is 7.74. The first-order valence-corrected chi connectivity index (χ1v) is 4.71. The largest absolute Gasteiger partial charge is 0.447 e. The average molecular weight is 214 g/mol. The first-order chi connectivity index (χ1) is 6.66.